The Morgan fingerprint density at radius 3 is 2.73 bits per heavy atom. The molecule has 1 N–H and O–H groups in total. The molecule has 1 amide bonds. The summed E-state index contributed by atoms with van der Waals surface area (Å²) in [6.07, 6.45) is 4.75. The zero-order chi connectivity index (χ0) is 21.1. The average molecular weight is 421 g/mol. The lowest BCUT2D eigenvalue weighted by atomic mass is 10.1. The first kappa shape index (κ1) is 20.2. The van der Waals surface area contributed by atoms with Crippen LogP contribution in [0.2, 0.25) is 0 Å². The molecule has 4 aromatic rings. The molecule has 0 radical (unpaired) electrons. The van der Waals surface area contributed by atoms with E-state index in [4.69, 9.17) is 0 Å². The Bertz CT molecular complexity index is 1180. The summed E-state index contributed by atoms with van der Waals surface area (Å²) in [5.41, 5.74) is 4.35. The van der Waals surface area contributed by atoms with Crippen molar-refractivity contribution in [2.75, 3.05) is 5.32 Å². The third kappa shape index (κ3) is 4.38. The SMILES string of the molecule is CCCCc1nnc(NC(=O)c2cc(C)nc3c2cnn3Cc2ccc(C)cc2)s1. The number of carbonyl (C=O) groups excluding carboxylic acids is 1. The molecule has 0 saturated heterocycles. The van der Waals surface area contributed by atoms with Crippen molar-refractivity contribution >= 4 is 33.4 Å². The zero-order valence-electron chi connectivity index (χ0n) is 17.3. The molecule has 0 aliphatic heterocycles. The minimum absolute atomic E-state index is 0.224. The first-order valence-corrected chi connectivity index (χ1v) is 10.9. The number of fused-ring (bicyclic) bond motifs is 1. The van der Waals surface area contributed by atoms with Crippen molar-refractivity contribution in [2.24, 2.45) is 0 Å². The molecule has 0 saturated carbocycles. The van der Waals surface area contributed by atoms with E-state index in [2.05, 4.69) is 63.7 Å². The quantitative estimate of drug-likeness (QED) is 0.474. The lowest BCUT2D eigenvalue weighted by Gasteiger charge is -2.07. The number of anilines is 1. The number of unbranched alkanes of at least 4 members (excludes halogenated alkanes) is 1. The van der Waals surface area contributed by atoms with Gasteiger partial charge in [0.1, 0.15) is 5.01 Å². The van der Waals surface area contributed by atoms with Gasteiger partial charge in [-0.1, -0.05) is 54.5 Å². The van der Waals surface area contributed by atoms with E-state index in [1.165, 1.54) is 16.9 Å². The molecule has 7 nitrogen and oxygen atoms in total. The van der Waals surface area contributed by atoms with Crippen molar-refractivity contribution in [1.29, 1.82) is 0 Å². The van der Waals surface area contributed by atoms with Gasteiger partial charge in [0.05, 0.1) is 23.7 Å². The summed E-state index contributed by atoms with van der Waals surface area (Å²) in [4.78, 5) is 17.6. The summed E-state index contributed by atoms with van der Waals surface area (Å²) in [6, 6.07) is 10.1. The maximum atomic E-state index is 13.0. The van der Waals surface area contributed by atoms with Crippen LogP contribution in [0.5, 0.6) is 0 Å². The Morgan fingerprint density at radius 2 is 1.97 bits per heavy atom. The number of carbonyl (C=O) groups is 1. The summed E-state index contributed by atoms with van der Waals surface area (Å²) in [5, 5.41) is 17.8. The highest BCUT2D eigenvalue weighted by Crippen LogP contribution is 2.22. The van der Waals surface area contributed by atoms with Crippen LogP contribution in [-0.2, 0) is 13.0 Å². The summed E-state index contributed by atoms with van der Waals surface area (Å²) >= 11 is 1.42. The van der Waals surface area contributed by atoms with E-state index in [1.807, 2.05) is 11.6 Å². The molecule has 0 unspecified atom stereocenters. The van der Waals surface area contributed by atoms with E-state index in [1.54, 1.807) is 12.3 Å². The van der Waals surface area contributed by atoms with Gasteiger partial charge in [-0.3, -0.25) is 10.1 Å². The third-order valence-corrected chi connectivity index (χ3v) is 5.76. The van der Waals surface area contributed by atoms with Crippen LogP contribution in [-0.4, -0.2) is 30.9 Å². The van der Waals surface area contributed by atoms with Crippen molar-refractivity contribution in [3.8, 4) is 0 Å². The van der Waals surface area contributed by atoms with Crippen molar-refractivity contribution < 1.29 is 4.79 Å². The number of aryl methyl sites for hydroxylation is 3. The van der Waals surface area contributed by atoms with Gasteiger partial charge in [0.25, 0.3) is 5.91 Å². The fraction of sp³-hybridized carbons (Fsp3) is 0.318. The second kappa shape index (κ2) is 8.71. The predicted octanol–water partition coefficient (Wildman–Crippen LogP) is 4.54. The van der Waals surface area contributed by atoms with Crippen LogP contribution in [0.25, 0.3) is 11.0 Å². The van der Waals surface area contributed by atoms with Crippen LogP contribution in [0, 0.1) is 13.8 Å². The van der Waals surface area contributed by atoms with Crippen LogP contribution in [0.4, 0.5) is 5.13 Å². The molecule has 4 rings (SSSR count). The van der Waals surface area contributed by atoms with Crippen LogP contribution in [0.3, 0.4) is 0 Å². The van der Waals surface area contributed by atoms with E-state index in [0.29, 0.717) is 22.9 Å². The van der Waals surface area contributed by atoms with Crippen molar-refractivity contribution in [3.05, 3.63) is 63.9 Å². The molecule has 30 heavy (non-hydrogen) atoms. The number of nitrogens with zero attached hydrogens (tertiary/aromatic N) is 5. The topological polar surface area (TPSA) is 85.6 Å². The van der Waals surface area contributed by atoms with Gasteiger partial charge >= 0.3 is 0 Å². The highest BCUT2D eigenvalue weighted by atomic mass is 32.1. The molecule has 3 heterocycles. The largest absolute Gasteiger partial charge is 0.296 e. The van der Waals surface area contributed by atoms with Gasteiger partial charge in [0.2, 0.25) is 5.13 Å². The lowest BCUT2D eigenvalue weighted by Crippen LogP contribution is -2.13. The number of rotatable bonds is 7. The van der Waals surface area contributed by atoms with Gasteiger partial charge < -0.3 is 0 Å². The fourth-order valence-corrected chi connectivity index (χ4v) is 4.02. The maximum Gasteiger partial charge on any atom is 0.258 e. The molecule has 0 aliphatic carbocycles. The van der Waals surface area contributed by atoms with E-state index >= 15 is 0 Å². The monoisotopic (exact) mass is 420 g/mol. The van der Waals surface area contributed by atoms with E-state index < -0.39 is 0 Å². The normalized spacial score (nSPS) is 11.2. The predicted molar refractivity (Wildman–Crippen MR) is 119 cm³/mol. The summed E-state index contributed by atoms with van der Waals surface area (Å²) < 4.78 is 1.83. The molecule has 154 valence electrons. The number of amides is 1. The Balaban J connectivity index is 1.59. The van der Waals surface area contributed by atoms with Gasteiger partial charge in [0.15, 0.2) is 5.65 Å². The standard InChI is InChI=1S/C22H24N6OS/c1-4-5-6-19-26-27-22(30-19)25-21(29)17-11-15(3)24-20-18(17)12-23-28(20)13-16-9-7-14(2)8-10-16/h7-12H,4-6,13H2,1-3H3,(H,25,27,29). The van der Waals surface area contributed by atoms with E-state index in [9.17, 15) is 4.79 Å². The molecular weight excluding hydrogens is 396 g/mol. The number of pyridine rings is 1. The van der Waals surface area contributed by atoms with Gasteiger partial charge in [0, 0.05) is 12.1 Å². The van der Waals surface area contributed by atoms with E-state index in [-0.39, 0.29) is 5.91 Å². The first-order valence-electron chi connectivity index (χ1n) is 10.1. The molecule has 8 heteroatoms. The van der Waals surface area contributed by atoms with Gasteiger partial charge in [-0.05, 0) is 31.9 Å². The highest BCUT2D eigenvalue weighted by molar-refractivity contribution is 7.15. The van der Waals surface area contributed by atoms with Crippen molar-refractivity contribution in [1.82, 2.24) is 25.0 Å². The molecule has 0 spiro atoms. The second-order valence-corrected chi connectivity index (χ2v) is 8.46. The zero-order valence-corrected chi connectivity index (χ0v) is 18.2. The molecule has 1 aromatic carbocycles. The maximum absolute atomic E-state index is 13.0. The van der Waals surface area contributed by atoms with Gasteiger partial charge in [-0.25, -0.2) is 9.67 Å². The van der Waals surface area contributed by atoms with Crippen LogP contribution in [0.1, 0.15) is 52.0 Å². The summed E-state index contributed by atoms with van der Waals surface area (Å²) in [5.74, 6) is -0.224. The minimum atomic E-state index is -0.224. The Morgan fingerprint density at radius 1 is 1.17 bits per heavy atom. The highest BCUT2D eigenvalue weighted by Gasteiger charge is 2.17. The van der Waals surface area contributed by atoms with Crippen molar-refractivity contribution in [2.45, 2.75) is 46.6 Å². The molecule has 0 aliphatic rings. The number of hydrogen-bond acceptors (Lipinski definition) is 6. The number of hydrogen-bond donors (Lipinski definition) is 1. The first-order chi connectivity index (χ1) is 14.5. The average Bonchev–Trinajstić information content (AvgIpc) is 3.34. The van der Waals surface area contributed by atoms with E-state index in [0.717, 1.165) is 40.9 Å². The second-order valence-electron chi connectivity index (χ2n) is 7.39. The summed E-state index contributed by atoms with van der Waals surface area (Å²) in [7, 11) is 0. The lowest BCUT2D eigenvalue weighted by molar-refractivity contribution is 0.102. The molecule has 0 atom stereocenters. The Kier molecular flexibility index (Phi) is 5.85. The fourth-order valence-electron chi connectivity index (χ4n) is 3.24. The number of benzene rings is 1. The molecular formula is C22H24N6OS. The van der Waals surface area contributed by atoms with Crippen LogP contribution in [0.15, 0.2) is 36.5 Å². The summed E-state index contributed by atoms with van der Waals surface area (Å²) in [6.45, 7) is 6.68. The van der Waals surface area contributed by atoms with Gasteiger partial charge in [-0.15, -0.1) is 10.2 Å². The molecule has 3 aromatic heterocycles. The Labute approximate surface area is 179 Å². The Hall–Kier alpha value is -3.13. The number of aromatic nitrogens is 5. The molecule has 0 bridgehead atoms. The van der Waals surface area contributed by atoms with Crippen molar-refractivity contribution in [3.63, 3.8) is 0 Å². The molecule has 0 fully saturated rings. The van der Waals surface area contributed by atoms with Crippen LogP contribution < -0.4 is 5.32 Å². The third-order valence-electron chi connectivity index (χ3n) is 4.87. The van der Waals surface area contributed by atoms with Crippen LogP contribution >= 0.6 is 11.3 Å². The van der Waals surface area contributed by atoms with Gasteiger partial charge in [-0.2, -0.15) is 5.10 Å². The number of nitrogens with one attached hydrogen (secondary N) is 1. The smallest absolute Gasteiger partial charge is 0.258 e. The minimum Gasteiger partial charge on any atom is -0.296 e.